The molecular formula is C20H22N6O3. The average Bonchev–Trinajstić information content (AvgIpc) is 3.27. The average molecular weight is 394 g/mol. The minimum Gasteiger partial charge on any atom is -0.497 e. The van der Waals surface area contributed by atoms with Crippen molar-refractivity contribution >= 4 is 11.9 Å². The second kappa shape index (κ2) is 8.68. The van der Waals surface area contributed by atoms with Crippen molar-refractivity contribution in [3.63, 3.8) is 0 Å². The zero-order valence-corrected chi connectivity index (χ0v) is 16.2. The Morgan fingerprint density at radius 1 is 1.10 bits per heavy atom. The molecule has 9 heteroatoms. The number of hydrogen-bond donors (Lipinski definition) is 0. The Kier molecular flexibility index (Phi) is 5.64. The second-order valence-electron chi connectivity index (χ2n) is 6.66. The van der Waals surface area contributed by atoms with E-state index in [-0.39, 0.29) is 5.91 Å². The van der Waals surface area contributed by atoms with E-state index < -0.39 is 0 Å². The molecule has 1 aromatic carbocycles. The number of ether oxygens (including phenoxy) is 1. The van der Waals surface area contributed by atoms with Crippen LogP contribution in [0, 0.1) is 0 Å². The molecule has 3 heterocycles. The van der Waals surface area contributed by atoms with E-state index in [0.717, 1.165) is 24.4 Å². The van der Waals surface area contributed by atoms with E-state index >= 15 is 0 Å². The van der Waals surface area contributed by atoms with Crippen molar-refractivity contribution in [3.8, 4) is 17.1 Å². The molecule has 29 heavy (non-hydrogen) atoms. The molecule has 0 unspecified atom stereocenters. The lowest BCUT2D eigenvalue weighted by Crippen LogP contribution is -2.49. The van der Waals surface area contributed by atoms with Crippen LogP contribution in [0.5, 0.6) is 5.75 Å². The Hall–Kier alpha value is -3.49. The third kappa shape index (κ3) is 4.50. The lowest BCUT2D eigenvalue weighted by atomic mass is 10.2. The van der Waals surface area contributed by atoms with Gasteiger partial charge in [-0.05, 0) is 30.3 Å². The quantitative estimate of drug-likeness (QED) is 0.624. The molecule has 0 atom stereocenters. The van der Waals surface area contributed by atoms with Gasteiger partial charge in [0.05, 0.1) is 7.11 Å². The monoisotopic (exact) mass is 394 g/mol. The predicted molar refractivity (Wildman–Crippen MR) is 105 cm³/mol. The molecule has 0 bridgehead atoms. The van der Waals surface area contributed by atoms with E-state index in [1.165, 1.54) is 0 Å². The molecule has 3 aromatic rings. The molecular weight excluding hydrogens is 372 g/mol. The minimum atomic E-state index is 0.0860. The summed E-state index contributed by atoms with van der Waals surface area (Å²) < 4.78 is 10.4. The smallest absolute Gasteiger partial charge is 0.227 e. The van der Waals surface area contributed by atoms with Crippen LogP contribution in [-0.4, -0.2) is 64.2 Å². The number of amides is 1. The summed E-state index contributed by atoms with van der Waals surface area (Å²) in [4.78, 5) is 29.4. The Bertz CT molecular complexity index is 936. The van der Waals surface area contributed by atoms with Gasteiger partial charge in [-0.2, -0.15) is 4.98 Å². The maximum absolute atomic E-state index is 12.5. The fraction of sp³-hybridized carbons (Fsp3) is 0.350. The van der Waals surface area contributed by atoms with Gasteiger partial charge in [-0.15, -0.1) is 0 Å². The molecule has 1 fully saturated rings. The standard InChI is InChI=1S/C20H22N6O3/c1-28-16-5-3-15(4-6-16)19-23-17(29-24-19)7-8-18(27)25-11-13-26(14-12-25)20-21-9-2-10-22-20/h2-6,9-10H,7-8,11-14H2,1H3. The zero-order valence-electron chi connectivity index (χ0n) is 16.2. The van der Waals surface area contributed by atoms with E-state index in [1.807, 2.05) is 29.2 Å². The molecule has 0 radical (unpaired) electrons. The van der Waals surface area contributed by atoms with Crippen LogP contribution in [0.2, 0.25) is 0 Å². The van der Waals surface area contributed by atoms with Gasteiger partial charge < -0.3 is 19.1 Å². The van der Waals surface area contributed by atoms with Gasteiger partial charge in [0.1, 0.15) is 5.75 Å². The highest BCUT2D eigenvalue weighted by Crippen LogP contribution is 2.20. The molecule has 2 aromatic heterocycles. The highest BCUT2D eigenvalue weighted by Gasteiger charge is 2.22. The first-order valence-electron chi connectivity index (χ1n) is 9.49. The molecule has 0 aliphatic carbocycles. The first kappa shape index (κ1) is 18.9. The maximum Gasteiger partial charge on any atom is 0.227 e. The number of hydrogen-bond acceptors (Lipinski definition) is 8. The number of benzene rings is 1. The summed E-state index contributed by atoms with van der Waals surface area (Å²) in [7, 11) is 1.62. The number of anilines is 1. The van der Waals surface area contributed by atoms with Gasteiger partial charge in [0.15, 0.2) is 0 Å². The van der Waals surface area contributed by atoms with Crippen molar-refractivity contribution in [2.24, 2.45) is 0 Å². The van der Waals surface area contributed by atoms with Crippen molar-refractivity contribution in [1.82, 2.24) is 25.0 Å². The lowest BCUT2D eigenvalue weighted by Gasteiger charge is -2.34. The predicted octanol–water partition coefficient (Wildman–Crippen LogP) is 1.82. The number of carbonyl (C=O) groups excluding carboxylic acids is 1. The van der Waals surface area contributed by atoms with Crippen LogP contribution < -0.4 is 9.64 Å². The van der Waals surface area contributed by atoms with Crippen molar-refractivity contribution in [3.05, 3.63) is 48.6 Å². The number of piperazine rings is 1. The van der Waals surface area contributed by atoms with Crippen LogP contribution in [-0.2, 0) is 11.2 Å². The largest absolute Gasteiger partial charge is 0.497 e. The first-order valence-corrected chi connectivity index (χ1v) is 9.49. The summed E-state index contributed by atoms with van der Waals surface area (Å²) in [6.45, 7) is 2.74. The summed E-state index contributed by atoms with van der Waals surface area (Å²) in [6.07, 6.45) is 4.21. The third-order valence-electron chi connectivity index (χ3n) is 4.84. The summed E-state index contributed by atoms with van der Waals surface area (Å²) in [5, 5.41) is 4.00. The van der Waals surface area contributed by atoms with Crippen LogP contribution in [0.15, 0.2) is 47.2 Å². The fourth-order valence-electron chi connectivity index (χ4n) is 3.20. The molecule has 1 amide bonds. The van der Waals surface area contributed by atoms with Gasteiger partial charge in [0, 0.05) is 57.0 Å². The molecule has 1 aliphatic heterocycles. The molecule has 0 N–H and O–H groups in total. The number of aromatic nitrogens is 4. The molecule has 150 valence electrons. The Morgan fingerprint density at radius 2 is 1.83 bits per heavy atom. The number of rotatable bonds is 6. The van der Waals surface area contributed by atoms with Crippen molar-refractivity contribution in [2.75, 3.05) is 38.2 Å². The summed E-state index contributed by atoms with van der Waals surface area (Å²) in [6, 6.07) is 9.22. The highest BCUT2D eigenvalue weighted by molar-refractivity contribution is 5.76. The highest BCUT2D eigenvalue weighted by atomic mass is 16.5. The minimum absolute atomic E-state index is 0.0860. The Labute approximate surface area is 168 Å². The van der Waals surface area contributed by atoms with E-state index in [4.69, 9.17) is 9.26 Å². The SMILES string of the molecule is COc1ccc(-c2noc(CCC(=O)N3CCN(c4ncccn4)CC3)n2)cc1. The van der Waals surface area contributed by atoms with Crippen LogP contribution in [0.25, 0.3) is 11.4 Å². The molecule has 1 aliphatic rings. The number of aryl methyl sites for hydroxylation is 1. The van der Waals surface area contributed by atoms with E-state index in [0.29, 0.717) is 43.6 Å². The van der Waals surface area contributed by atoms with Crippen molar-refractivity contribution in [2.45, 2.75) is 12.8 Å². The van der Waals surface area contributed by atoms with Crippen molar-refractivity contribution < 1.29 is 14.1 Å². The second-order valence-corrected chi connectivity index (χ2v) is 6.66. The Morgan fingerprint density at radius 3 is 2.52 bits per heavy atom. The summed E-state index contributed by atoms with van der Waals surface area (Å²) in [5.41, 5.74) is 0.839. The number of methoxy groups -OCH3 is 1. The fourth-order valence-corrected chi connectivity index (χ4v) is 3.20. The van der Waals surface area contributed by atoms with Crippen LogP contribution in [0.1, 0.15) is 12.3 Å². The first-order chi connectivity index (χ1) is 14.2. The number of nitrogens with zero attached hydrogens (tertiary/aromatic N) is 6. The Balaban J connectivity index is 1.27. The van der Waals surface area contributed by atoms with Crippen LogP contribution in [0.4, 0.5) is 5.95 Å². The molecule has 1 saturated heterocycles. The summed E-state index contributed by atoms with van der Waals surface area (Å²) in [5.74, 6) is 2.52. The third-order valence-corrected chi connectivity index (χ3v) is 4.84. The lowest BCUT2D eigenvalue weighted by molar-refractivity contribution is -0.131. The molecule has 4 rings (SSSR count). The number of carbonyl (C=O) groups is 1. The molecule has 0 saturated carbocycles. The van der Waals surface area contributed by atoms with Gasteiger partial charge in [0.25, 0.3) is 0 Å². The normalized spacial score (nSPS) is 14.1. The maximum atomic E-state index is 12.5. The van der Waals surface area contributed by atoms with Crippen LogP contribution >= 0.6 is 0 Å². The van der Waals surface area contributed by atoms with Gasteiger partial charge in [0.2, 0.25) is 23.6 Å². The van der Waals surface area contributed by atoms with Crippen LogP contribution in [0.3, 0.4) is 0 Å². The topological polar surface area (TPSA) is 97.5 Å². The molecule has 0 spiro atoms. The van der Waals surface area contributed by atoms with E-state index in [9.17, 15) is 4.79 Å². The van der Waals surface area contributed by atoms with Gasteiger partial charge in [-0.1, -0.05) is 5.16 Å². The molecule has 9 nitrogen and oxygen atoms in total. The van der Waals surface area contributed by atoms with Gasteiger partial charge in [-0.25, -0.2) is 9.97 Å². The zero-order chi connectivity index (χ0) is 20.1. The van der Waals surface area contributed by atoms with Gasteiger partial charge >= 0.3 is 0 Å². The van der Waals surface area contributed by atoms with Crippen molar-refractivity contribution in [1.29, 1.82) is 0 Å². The van der Waals surface area contributed by atoms with E-state index in [2.05, 4.69) is 25.0 Å². The van der Waals surface area contributed by atoms with E-state index in [1.54, 1.807) is 25.6 Å². The van der Waals surface area contributed by atoms with Gasteiger partial charge in [-0.3, -0.25) is 4.79 Å². The summed E-state index contributed by atoms with van der Waals surface area (Å²) >= 11 is 0.